The van der Waals surface area contributed by atoms with Gasteiger partial charge in [-0.2, -0.15) is 13.9 Å². The van der Waals surface area contributed by atoms with Gasteiger partial charge >= 0.3 is 5.92 Å². The molecule has 0 unspecified atom stereocenters. The van der Waals surface area contributed by atoms with Crippen LogP contribution >= 0.6 is 0 Å². The number of benzene rings is 1. The van der Waals surface area contributed by atoms with E-state index in [0.717, 1.165) is 11.8 Å². The fourth-order valence-electron chi connectivity index (χ4n) is 4.19. The van der Waals surface area contributed by atoms with Crippen molar-refractivity contribution in [2.45, 2.75) is 50.4 Å². The Morgan fingerprint density at radius 2 is 1.97 bits per heavy atom. The number of anilines is 2. The lowest BCUT2D eigenvalue weighted by Gasteiger charge is -2.37. The molecule has 3 aromatic rings. The van der Waals surface area contributed by atoms with Crippen molar-refractivity contribution in [2.24, 2.45) is 0 Å². The van der Waals surface area contributed by atoms with E-state index in [1.54, 1.807) is 20.0 Å². The van der Waals surface area contributed by atoms with Gasteiger partial charge in [-0.25, -0.2) is 4.39 Å². The van der Waals surface area contributed by atoms with E-state index in [1.165, 1.54) is 12.1 Å². The van der Waals surface area contributed by atoms with Crippen molar-refractivity contribution in [2.75, 3.05) is 23.3 Å². The van der Waals surface area contributed by atoms with Crippen LogP contribution in [0.4, 0.5) is 24.7 Å². The second kappa shape index (κ2) is 7.53. The van der Waals surface area contributed by atoms with Crippen molar-refractivity contribution in [1.29, 1.82) is 0 Å². The number of nitrogens with one attached hydrogen (secondary N) is 1. The molecule has 33 heavy (non-hydrogen) atoms. The minimum atomic E-state index is -3.68. The topological polar surface area (TPSA) is 94.4 Å². The van der Waals surface area contributed by atoms with E-state index in [9.17, 15) is 19.0 Å². The maximum absolute atomic E-state index is 15.2. The van der Waals surface area contributed by atoms with Crippen LogP contribution < -0.4 is 10.2 Å². The predicted molar refractivity (Wildman–Crippen MR) is 117 cm³/mol. The number of pyridine rings is 1. The van der Waals surface area contributed by atoms with Crippen molar-refractivity contribution >= 4 is 22.4 Å². The summed E-state index contributed by atoms with van der Waals surface area (Å²) in [5.41, 5.74) is -0.934. The van der Waals surface area contributed by atoms with Crippen molar-refractivity contribution < 1.29 is 23.4 Å². The van der Waals surface area contributed by atoms with E-state index in [2.05, 4.69) is 20.5 Å². The summed E-state index contributed by atoms with van der Waals surface area (Å²) in [5, 5.41) is 31.6. The molecule has 1 saturated heterocycles. The van der Waals surface area contributed by atoms with Crippen LogP contribution in [0.3, 0.4) is 0 Å². The van der Waals surface area contributed by atoms with Gasteiger partial charge in [-0.05, 0) is 38.8 Å². The zero-order valence-electron chi connectivity index (χ0n) is 18.2. The Hall–Kier alpha value is -2.98. The van der Waals surface area contributed by atoms with Gasteiger partial charge in [-0.1, -0.05) is 12.1 Å². The summed E-state index contributed by atoms with van der Waals surface area (Å²) in [5.74, 6) is -4.39. The summed E-state index contributed by atoms with van der Waals surface area (Å²) in [6, 6.07) is 4.96. The van der Waals surface area contributed by atoms with Crippen LogP contribution in [-0.2, 0) is 5.92 Å². The standard InChI is InChI=1S/C23H24F3N5O2/c1-12(16-4-3-5-18(19(16)24)23(25,26)22(33)6-7-22)28-21-17-8-14(31-10-15(32)11-31)9-27-20(17)13(2)29-30-21/h3-5,8-9,12,15,32-33H,6-7,10-11H2,1-2H3,(H,28,30)/t12-/m1/s1. The first-order valence-electron chi connectivity index (χ1n) is 10.8. The fourth-order valence-corrected chi connectivity index (χ4v) is 4.19. The van der Waals surface area contributed by atoms with Crippen molar-refractivity contribution in [3.8, 4) is 0 Å². The van der Waals surface area contributed by atoms with E-state index >= 15 is 4.39 Å². The molecule has 0 amide bonds. The number of β-amino-alcohol motifs (C(OH)–C–C–N with tert-alkyl or cyclic N) is 1. The van der Waals surface area contributed by atoms with Crippen LogP contribution in [0.1, 0.15) is 42.6 Å². The van der Waals surface area contributed by atoms with Gasteiger partial charge in [0.05, 0.1) is 40.8 Å². The van der Waals surface area contributed by atoms with E-state index in [0.29, 0.717) is 35.5 Å². The molecule has 3 heterocycles. The third kappa shape index (κ3) is 3.57. The number of halogens is 3. The number of alkyl halides is 2. The van der Waals surface area contributed by atoms with Gasteiger partial charge in [-0.3, -0.25) is 4.98 Å². The van der Waals surface area contributed by atoms with Gasteiger partial charge in [-0.15, -0.1) is 5.10 Å². The van der Waals surface area contributed by atoms with Crippen LogP contribution in [0.25, 0.3) is 10.9 Å². The number of aromatic nitrogens is 3. The number of aryl methyl sites for hydroxylation is 1. The molecular formula is C23H24F3N5O2. The van der Waals surface area contributed by atoms with Gasteiger partial charge in [0, 0.05) is 24.0 Å². The normalized spacial score (nSPS) is 18.8. The molecule has 10 heteroatoms. The van der Waals surface area contributed by atoms with Crippen molar-refractivity contribution in [3.63, 3.8) is 0 Å². The average molecular weight is 459 g/mol. The lowest BCUT2D eigenvalue weighted by atomic mass is 9.96. The molecule has 1 aliphatic heterocycles. The highest BCUT2D eigenvalue weighted by Crippen LogP contribution is 2.54. The molecule has 5 rings (SSSR count). The Morgan fingerprint density at radius 3 is 2.64 bits per heavy atom. The Bertz CT molecular complexity index is 1230. The van der Waals surface area contributed by atoms with Crippen LogP contribution in [-0.4, -0.2) is 50.2 Å². The molecule has 2 aliphatic rings. The zero-order chi connectivity index (χ0) is 23.5. The molecule has 1 aliphatic carbocycles. The largest absolute Gasteiger partial charge is 0.389 e. The fraction of sp³-hybridized carbons (Fsp3) is 0.435. The number of hydrogen-bond acceptors (Lipinski definition) is 7. The number of nitrogens with zero attached hydrogens (tertiary/aromatic N) is 4. The van der Waals surface area contributed by atoms with Gasteiger partial charge in [0.1, 0.15) is 11.4 Å². The minimum absolute atomic E-state index is 0.0296. The third-order valence-corrected chi connectivity index (χ3v) is 6.49. The summed E-state index contributed by atoms with van der Waals surface area (Å²) < 4.78 is 44.7. The summed E-state index contributed by atoms with van der Waals surface area (Å²) >= 11 is 0. The van der Waals surface area contributed by atoms with E-state index < -0.39 is 28.9 Å². The highest BCUT2D eigenvalue weighted by molar-refractivity contribution is 5.92. The second-order valence-corrected chi connectivity index (χ2v) is 8.96. The van der Waals surface area contributed by atoms with Gasteiger partial charge in [0.25, 0.3) is 0 Å². The van der Waals surface area contributed by atoms with Crippen molar-refractivity contribution in [1.82, 2.24) is 15.2 Å². The molecule has 1 atom stereocenters. The lowest BCUT2D eigenvalue weighted by molar-refractivity contribution is -0.134. The minimum Gasteiger partial charge on any atom is -0.389 e. The Morgan fingerprint density at radius 1 is 1.24 bits per heavy atom. The molecule has 0 radical (unpaired) electrons. The number of aliphatic hydroxyl groups excluding tert-OH is 1. The first kappa shape index (κ1) is 21.8. The first-order chi connectivity index (χ1) is 15.6. The van der Waals surface area contributed by atoms with Gasteiger partial charge in [0.2, 0.25) is 0 Å². The summed E-state index contributed by atoms with van der Waals surface area (Å²) in [4.78, 5) is 6.45. The average Bonchev–Trinajstić information content (AvgIpc) is 3.52. The maximum atomic E-state index is 15.2. The van der Waals surface area contributed by atoms with Crippen LogP contribution in [0, 0.1) is 12.7 Å². The van der Waals surface area contributed by atoms with Crippen molar-refractivity contribution in [3.05, 3.63) is 53.1 Å². The second-order valence-electron chi connectivity index (χ2n) is 8.96. The molecule has 174 valence electrons. The van der Waals surface area contributed by atoms with Gasteiger partial charge in [0.15, 0.2) is 5.82 Å². The molecule has 2 aromatic heterocycles. The summed E-state index contributed by atoms with van der Waals surface area (Å²) in [7, 11) is 0. The highest BCUT2D eigenvalue weighted by Gasteiger charge is 2.63. The molecule has 7 nitrogen and oxygen atoms in total. The SMILES string of the molecule is Cc1nnc(N[C@H](C)c2cccc(C(F)(F)C3(O)CC3)c2F)c2cc(N3CC(O)C3)cnc12. The highest BCUT2D eigenvalue weighted by atomic mass is 19.3. The Labute approximate surface area is 188 Å². The molecule has 1 saturated carbocycles. The maximum Gasteiger partial charge on any atom is 0.304 e. The first-order valence-corrected chi connectivity index (χ1v) is 10.8. The molecular weight excluding hydrogens is 435 g/mol. The molecule has 2 fully saturated rings. The monoisotopic (exact) mass is 459 g/mol. The number of aliphatic hydroxyl groups is 2. The smallest absolute Gasteiger partial charge is 0.304 e. The third-order valence-electron chi connectivity index (χ3n) is 6.49. The molecule has 3 N–H and O–H groups in total. The molecule has 0 bridgehead atoms. The quantitative estimate of drug-likeness (QED) is 0.520. The predicted octanol–water partition coefficient (Wildman–Crippen LogP) is 3.44. The summed E-state index contributed by atoms with van der Waals surface area (Å²) in [6.45, 7) is 4.42. The van der Waals surface area contributed by atoms with E-state index in [1.807, 2.05) is 11.0 Å². The van der Waals surface area contributed by atoms with E-state index in [-0.39, 0.29) is 24.5 Å². The van der Waals surface area contributed by atoms with E-state index in [4.69, 9.17) is 0 Å². The Kier molecular flexibility index (Phi) is 4.98. The number of hydrogen-bond donors (Lipinski definition) is 3. The van der Waals surface area contributed by atoms with Gasteiger partial charge < -0.3 is 20.4 Å². The number of fused-ring (bicyclic) bond motifs is 1. The number of rotatable bonds is 6. The molecule has 0 spiro atoms. The summed E-state index contributed by atoms with van der Waals surface area (Å²) in [6.07, 6.45) is 1.19. The van der Waals surface area contributed by atoms with Crippen LogP contribution in [0.15, 0.2) is 30.5 Å². The van der Waals surface area contributed by atoms with Crippen LogP contribution in [0.5, 0.6) is 0 Å². The Balaban J connectivity index is 1.48. The molecule has 1 aromatic carbocycles. The van der Waals surface area contributed by atoms with Crippen LogP contribution in [0.2, 0.25) is 0 Å². The zero-order valence-corrected chi connectivity index (χ0v) is 18.2. The lowest BCUT2D eigenvalue weighted by Crippen LogP contribution is -2.50.